The molecule has 0 radical (unpaired) electrons. The van der Waals surface area contributed by atoms with Crippen LogP contribution >= 0.6 is 11.6 Å². The first-order chi connectivity index (χ1) is 9.63. The topological polar surface area (TPSA) is 46.9 Å². The number of unbranched alkanes of at least 4 members (excludes halogenated alkanes) is 1. The fraction of sp³-hybridized carbons (Fsp3) is 0.600. The number of hydrogen-bond acceptors (Lipinski definition) is 3. The maximum absolute atomic E-state index is 12.3. The Morgan fingerprint density at radius 1 is 1.45 bits per heavy atom. The Labute approximate surface area is 125 Å². The first-order valence-electron chi connectivity index (χ1n) is 7.09. The van der Waals surface area contributed by atoms with Crippen molar-refractivity contribution in [2.75, 3.05) is 5.32 Å². The Bertz CT molecular complexity index is 519. The zero-order valence-corrected chi connectivity index (χ0v) is 12.9. The third-order valence-electron chi connectivity index (χ3n) is 3.13. The molecule has 0 aliphatic rings. The average molecular weight is 296 g/mol. The van der Waals surface area contributed by atoms with Crippen molar-refractivity contribution in [2.24, 2.45) is 0 Å². The van der Waals surface area contributed by atoms with Gasteiger partial charge in [0.15, 0.2) is 0 Å². The van der Waals surface area contributed by atoms with Gasteiger partial charge in [-0.2, -0.15) is 5.10 Å². The van der Waals surface area contributed by atoms with Gasteiger partial charge in [-0.05, 0) is 12.8 Å². The van der Waals surface area contributed by atoms with Crippen molar-refractivity contribution in [3.05, 3.63) is 21.6 Å². The highest BCUT2D eigenvalue weighted by atomic mass is 35.5. The van der Waals surface area contributed by atoms with E-state index in [0.29, 0.717) is 10.7 Å². The molecule has 1 rings (SSSR count). The molecule has 0 aliphatic carbocycles. The van der Waals surface area contributed by atoms with Crippen LogP contribution in [0.4, 0.5) is 5.69 Å². The van der Waals surface area contributed by atoms with Crippen molar-refractivity contribution in [1.82, 2.24) is 9.78 Å². The van der Waals surface area contributed by atoms with E-state index in [-0.39, 0.29) is 18.1 Å². The Balaban J connectivity index is 2.96. The molecule has 0 amide bonds. The molecule has 0 saturated heterocycles. The summed E-state index contributed by atoms with van der Waals surface area (Å²) >= 11 is 6.09. The number of terminal acetylenes is 1. The molecule has 1 aromatic rings. The first-order valence-corrected chi connectivity index (χ1v) is 7.47. The predicted octanol–water partition coefficient (Wildman–Crippen LogP) is 3.30. The van der Waals surface area contributed by atoms with E-state index in [4.69, 9.17) is 18.0 Å². The molecular weight excluding hydrogens is 274 g/mol. The molecule has 5 heteroatoms. The van der Waals surface area contributed by atoms with E-state index in [1.54, 1.807) is 0 Å². The van der Waals surface area contributed by atoms with Crippen LogP contribution in [0.3, 0.4) is 0 Å². The van der Waals surface area contributed by atoms with Crippen LogP contribution in [0.5, 0.6) is 0 Å². The summed E-state index contributed by atoms with van der Waals surface area (Å²) in [6, 6.07) is 0.256. The van der Waals surface area contributed by atoms with Crippen LogP contribution in [0.15, 0.2) is 11.0 Å². The van der Waals surface area contributed by atoms with Gasteiger partial charge in [0.05, 0.1) is 11.2 Å². The second-order valence-corrected chi connectivity index (χ2v) is 5.21. The third kappa shape index (κ3) is 4.57. The van der Waals surface area contributed by atoms with Crippen LogP contribution in [-0.4, -0.2) is 15.8 Å². The Hall–Kier alpha value is -1.47. The molecule has 110 valence electrons. The number of aromatic nitrogens is 2. The van der Waals surface area contributed by atoms with Crippen LogP contribution in [0, 0.1) is 12.3 Å². The maximum atomic E-state index is 12.3. The summed E-state index contributed by atoms with van der Waals surface area (Å²) < 4.78 is 1.25. The van der Waals surface area contributed by atoms with Gasteiger partial charge in [0.2, 0.25) is 0 Å². The molecule has 0 spiro atoms. The van der Waals surface area contributed by atoms with E-state index in [1.165, 1.54) is 10.9 Å². The minimum Gasteiger partial charge on any atom is -0.377 e. The minimum atomic E-state index is -0.256. The number of rotatable bonds is 8. The quantitative estimate of drug-likeness (QED) is 0.749. The van der Waals surface area contributed by atoms with E-state index >= 15 is 0 Å². The second-order valence-electron chi connectivity index (χ2n) is 4.81. The largest absolute Gasteiger partial charge is 0.377 e. The van der Waals surface area contributed by atoms with E-state index < -0.39 is 0 Å². The summed E-state index contributed by atoms with van der Waals surface area (Å²) in [7, 11) is 0. The average Bonchev–Trinajstić information content (AvgIpc) is 2.44. The molecule has 0 aromatic carbocycles. The van der Waals surface area contributed by atoms with Crippen molar-refractivity contribution in [3.63, 3.8) is 0 Å². The van der Waals surface area contributed by atoms with Gasteiger partial charge >= 0.3 is 0 Å². The van der Waals surface area contributed by atoms with Crippen molar-refractivity contribution >= 4 is 17.3 Å². The Morgan fingerprint density at radius 3 is 2.80 bits per heavy atom. The molecule has 4 nitrogen and oxygen atoms in total. The summed E-state index contributed by atoms with van der Waals surface area (Å²) in [6.07, 6.45) is 12.0. The summed E-state index contributed by atoms with van der Waals surface area (Å²) in [6.45, 7) is 4.44. The molecule has 1 N–H and O–H groups in total. The zero-order chi connectivity index (χ0) is 15.0. The number of nitrogens with zero attached hydrogens (tertiary/aromatic N) is 2. The molecule has 20 heavy (non-hydrogen) atoms. The number of nitrogens with one attached hydrogen (secondary N) is 1. The molecule has 0 saturated carbocycles. The molecule has 0 bridgehead atoms. The number of halogens is 1. The fourth-order valence-electron chi connectivity index (χ4n) is 2.09. The summed E-state index contributed by atoms with van der Waals surface area (Å²) in [4.78, 5) is 12.3. The lowest BCUT2D eigenvalue weighted by Gasteiger charge is -2.19. The minimum absolute atomic E-state index is 0.151. The molecule has 1 atom stereocenters. The van der Waals surface area contributed by atoms with Crippen molar-refractivity contribution in [2.45, 2.75) is 58.5 Å². The predicted molar refractivity (Wildman–Crippen MR) is 84.2 cm³/mol. The monoisotopic (exact) mass is 295 g/mol. The molecule has 0 aliphatic heterocycles. The Morgan fingerprint density at radius 2 is 2.20 bits per heavy atom. The van der Waals surface area contributed by atoms with E-state index in [9.17, 15) is 4.79 Å². The van der Waals surface area contributed by atoms with Crippen LogP contribution in [-0.2, 0) is 6.54 Å². The molecule has 1 aromatic heterocycles. The van der Waals surface area contributed by atoms with Crippen LogP contribution < -0.4 is 10.9 Å². The number of hydrogen-bond donors (Lipinski definition) is 1. The van der Waals surface area contributed by atoms with Gasteiger partial charge in [-0.3, -0.25) is 4.79 Å². The summed E-state index contributed by atoms with van der Waals surface area (Å²) in [5.74, 6) is 2.41. The van der Waals surface area contributed by atoms with Crippen molar-refractivity contribution in [3.8, 4) is 12.3 Å². The highest BCUT2D eigenvalue weighted by Gasteiger charge is 2.14. The standard InChI is InChI=1S/C15H22ClN3O/c1-4-7-9-12(8-5-2)18-14-13(16)11-17-19(10-6-3)15(14)20/h3,11-12,18H,4-5,7-10H2,1-2H3. The van der Waals surface area contributed by atoms with Gasteiger partial charge in [-0.25, -0.2) is 4.68 Å². The molecular formula is C15H22ClN3O. The van der Waals surface area contributed by atoms with Crippen molar-refractivity contribution in [1.29, 1.82) is 0 Å². The van der Waals surface area contributed by atoms with Gasteiger partial charge in [0, 0.05) is 6.04 Å². The Kier molecular flexibility index (Phi) is 7.17. The summed E-state index contributed by atoms with van der Waals surface area (Å²) in [5, 5.41) is 7.56. The van der Waals surface area contributed by atoms with Gasteiger partial charge < -0.3 is 5.32 Å². The van der Waals surface area contributed by atoms with Gasteiger partial charge in [0.1, 0.15) is 12.2 Å². The van der Waals surface area contributed by atoms with E-state index in [0.717, 1.165) is 32.1 Å². The second kappa shape index (κ2) is 8.65. The number of anilines is 1. The maximum Gasteiger partial charge on any atom is 0.292 e. The molecule has 1 unspecified atom stereocenters. The first kappa shape index (κ1) is 16.6. The fourth-order valence-corrected chi connectivity index (χ4v) is 2.27. The third-order valence-corrected chi connectivity index (χ3v) is 3.42. The smallest absolute Gasteiger partial charge is 0.292 e. The van der Waals surface area contributed by atoms with Gasteiger partial charge in [-0.1, -0.05) is 50.6 Å². The highest BCUT2D eigenvalue weighted by Crippen LogP contribution is 2.19. The highest BCUT2D eigenvalue weighted by molar-refractivity contribution is 6.33. The lowest BCUT2D eigenvalue weighted by molar-refractivity contribution is 0.561. The van der Waals surface area contributed by atoms with Gasteiger partial charge in [-0.15, -0.1) is 6.42 Å². The van der Waals surface area contributed by atoms with Crippen LogP contribution in [0.2, 0.25) is 5.02 Å². The van der Waals surface area contributed by atoms with Crippen molar-refractivity contribution < 1.29 is 0 Å². The molecule has 1 heterocycles. The zero-order valence-electron chi connectivity index (χ0n) is 12.2. The van der Waals surface area contributed by atoms with E-state index in [1.807, 2.05) is 0 Å². The molecule has 0 fully saturated rings. The normalized spacial score (nSPS) is 11.9. The summed E-state index contributed by atoms with van der Waals surface area (Å²) in [5.41, 5.74) is 0.152. The van der Waals surface area contributed by atoms with E-state index in [2.05, 4.69) is 30.2 Å². The lowest BCUT2D eigenvalue weighted by atomic mass is 10.1. The SMILES string of the molecule is C#CCn1ncc(Cl)c(NC(CCC)CCCC)c1=O. The van der Waals surface area contributed by atoms with Crippen LogP contribution in [0.1, 0.15) is 46.0 Å². The lowest BCUT2D eigenvalue weighted by Crippen LogP contribution is -2.30. The van der Waals surface area contributed by atoms with Gasteiger partial charge in [0.25, 0.3) is 5.56 Å². The van der Waals surface area contributed by atoms with Crippen LogP contribution in [0.25, 0.3) is 0 Å².